The highest BCUT2D eigenvalue weighted by atomic mass is 32.1. The van der Waals surface area contributed by atoms with Crippen molar-refractivity contribution in [3.8, 4) is 5.75 Å². The van der Waals surface area contributed by atoms with E-state index >= 15 is 0 Å². The van der Waals surface area contributed by atoms with E-state index < -0.39 is 12.0 Å². The second-order valence-electron chi connectivity index (χ2n) is 8.10. The van der Waals surface area contributed by atoms with Gasteiger partial charge in [-0.3, -0.25) is 9.36 Å². The van der Waals surface area contributed by atoms with Crippen LogP contribution >= 0.6 is 11.3 Å². The molecule has 6 nitrogen and oxygen atoms in total. The standard InChI is InChI=1S/C27H28N2O4S/c1-5-8-21-23(26(31)33-6-2)24(19-9-7-10-20(16-19)32-4)29-25(30)22(34-27(29)28-21)15-18-13-11-17(3)12-14-18/h7,9-16,24H,5-6,8H2,1-4H3/b22-15-. The van der Waals surface area contributed by atoms with Gasteiger partial charge in [0.2, 0.25) is 0 Å². The van der Waals surface area contributed by atoms with Crippen molar-refractivity contribution in [2.75, 3.05) is 13.7 Å². The molecule has 1 aliphatic rings. The van der Waals surface area contributed by atoms with Gasteiger partial charge in [-0.15, -0.1) is 0 Å². The van der Waals surface area contributed by atoms with Crippen LogP contribution < -0.4 is 19.6 Å². The smallest absolute Gasteiger partial charge is 0.338 e. The largest absolute Gasteiger partial charge is 0.497 e. The third-order valence-electron chi connectivity index (χ3n) is 5.68. The van der Waals surface area contributed by atoms with Crippen LogP contribution in [-0.2, 0) is 9.53 Å². The number of methoxy groups -OCH3 is 1. The molecule has 7 heteroatoms. The van der Waals surface area contributed by atoms with Gasteiger partial charge in [-0.2, -0.15) is 0 Å². The van der Waals surface area contributed by atoms with Gasteiger partial charge in [-0.1, -0.05) is 66.6 Å². The summed E-state index contributed by atoms with van der Waals surface area (Å²) in [5, 5.41) is 0. The van der Waals surface area contributed by atoms with Crippen LogP contribution in [0.2, 0.25) is 0 Å². The number of carbonyl (C=O) groups is 1. The number of hydrogen-bond acceptors (Lipinski definition) is 6. The molecule has 0 amide bonds. The van der Waals surface area contributed by atoms with Crippen LogP contribution in [0.1, 0.15) is 49.4 Å². The number of thiazole rings is 1. The van der Waals surface area contributed by atoms with Gasteiger partial charge in [0.15, 0.2) is 4.80 Å². The molecular weight excluding hydrogens is 448 g/mol. The van der Waals surface area contributed by atoms with Crippen LogP contribution in [-0.4, -0.2) is 24.3 Å². The van der Waals surface area contributed by atoms with Gasteiger partial charge in [0.05, 0.1) is 35.6 Å². The van der Waals surface area contributed by atoms with Crippen molar-refractivity contribution in [3.63, 3.8) is 0 Å². The van der Waals surface area contributed by atoms with Crippen molar-refractivity contribution in [2.24, 2.45) is 4.99 Å². The average Bonchev–Trinajstić information content (AvgIpc) is 3.14. The molecule has 34 heavy (non-hydrogen) atoms. The summed E-state index contributed by atoms with van der Waals surface area (Å²) in [5.41, 5.74) is 3.75. The van der Waals surface area contributed by atoms with Crippen molar-refractivity contribution >= 4 is 23.4 Å². The van der Waals surface area contributed by atoms with E-state index in [1.54, 1.807) is 18.6 Å². The summed E-state index contributed by atoms with van der Waals surface area (Å²) in [6.45, 7) is 6.08. The molecule has 0 N–H and O–H groups in total. The first-order valence-electron chi connectivity index (χ1n) is 11.4. The summed E-state index contributed by atoms with van der Waals surface area (Å²) >= 11 is 1.34. The Morgan fingerprint density at radius 3 is 2.62 bits per heavy atom. The molecule has 0 spiro atoms. The van der Waals surface area contributed by atoms with Crippen molar-refractivity contribution < 1.29 is 14.3 Å². The number of rotatable bonds is 7. The maximum absolute atomic E-state index is 13.7. The number of esters is 1. The molecule has 0 radical (unpaired) electrons. The second-order valence-corrected chi connectivity index (χ2v) is 9.11. The van der Waals surface area contributed by atoms with Crippen LogP contribution in [0, 0.1) is 6.92 Å². The van der Waals surface area contributed by atoms with Gasteiger partial charge in [0.25, 0.3) is 5.56 Å². The number of benzene rings is 2. The highest BCUT2D eigenvalue weighted by Crippen LogP contribution is 2.33. The van der Waals surface area contributed by atoms with Crippen LogP contribution in [0.3, 0.4) is 0 Å². The Morgan fingerprint density at radius 1 is 1.18 bits per heavy atom. The number of allylic oxidation sites excluding steroid dienone is 1. The summed E-state index contributed by atoms with van der Waals surface area (Å²) in [6.07, 6.45) is 3.29. The zero-order valence-corrected chi connectivity index (χ0v) is 20.6. The molecule has 1 aliphatic heterocycles. The van der Waals surface area contributed by atoms with E-state index in [4.69, 9.17) is 14.5 Å². The summed E-state index contributed by atoms with van der Waals surface area (Å²) in [5.74, 6) is 0.201. The first-order valence-corrected chi connectivity index (χ1v) is 12.2. The monoisotopic (exact) mass is 476 g/mol. The van der Waals surface area contributed by atoms with Crippen LogP contribution in [0.4, 0.5) is 0 Å². The third kappa shape index (κ3) is 4.61. The number of nitrogens with zero attached hydrogens (tertiary/aromatic N) is 2. The Kier molecular flexibility index (Phi) is 7.12. The maximum atomic E-state index is 13.7. The quantitative estimate of drug-likeness (QED) is 0.485. The lowest BCUT2D eigenvalue weighted by molar-refractivity contribution is -0.139. The number of fused-ring (bicyclic) bond motifs is 1. The molecule has 0 saturated heterocycles. The normalized spacial score (nSPS) is 15.6. The lowest BCUT2D eigenvalue weighted by Gasteiger charge is -2.26. The maximum Gasteiger partial charge on any atom is 0.338 e. The predicted octanol–water partition coefficient (Wildman–Crippen LogP) is 3.90. The molecule has 176 valence electrons. The number of hydrogen-bond donors (Lipinski definition) is 0. The molecule has 1 unspecified atom stereocenters. The minimum Gasteiger partial charge on any atom is -0.497 e. The minimum absolute atomic E-state index is 0.186. The molecule has 4 rings (SSSR count). The Labute approximate surface area is 202 Å². The Bertz CT molecular complexity index is 1410. The molecule has 0 aliphatic carbocycles. The summed E-state index contributed by atoms with van der Waals surface area (Å²) in [6, 6.07) is 14.8. The fourth-order valence-corrected chi connectivity index (χ4v) is 5.08. The van der Waals surface area contributed by atoms with Crippen molar-refractivity contribution in [2.45, 2.75) is 39.7 Å². The fourth-order valence-electron chi connectivity index (χ4n) is 4.06. The molecule has 2 aromatic carbocycles. The third-order valence-corrected chi connectivity index (χ3v) is 6.66. The number of ether oxygens (including phenoxy) is 2. The van der Waals surface area contributed by atoms with Gasteiger partial charge in [-0.05, 0) is 49.6 Å². The van der Waals surface area contributed by atoms with Crippen molar-refractivity contribution in [1.29, 1.82) is 0 Å². The minimum atomic E-state index is -0.646. The summed E-state index contributed by atoms with van der Waals surface area (Å²) < 4.78 is 13.0. The van der Waals surface area contributed by atoms with E-state index in [1.165, 1.54) is 11.3 Å². The molecule has 0 bridgehead atoms. The Morgan fingerprint density at radius 2 is 1.94 bits per heavy atom. The summed E-state index contributed by atoms with van der Waals surface area (Å²) in [7, 11) is 1.59. The first kappa shape index (κ1) is 23.7. The van der Waals surface area contributed by atoms with Crippen LogP contribution in [0.15, 0.2) is 69.6 Å². The lowest BCUT2D eigenvalue weighted by Crippen LogP contribution is -2.40. The van der Waals surface area contributed by atoms with Gasteiger partial charge < -0.3 is 9.47 Å². The highest BCUT2D eigenvalue weighted by molar-refractivity contribution is 7.07. The first-order chi connectivity index (χ1) is 16.5. The van der Waals surface area contributed by atoms with E-state index in [-0.39, 0.29) is 12.2 Å². The van der Waals surface area contributed by atoms with Gasteiger partial charge in [0, 0.05) is 0 Å². The van der Waals surface area contributed by atoms with Crippen LogP contribution in [0.25, 0.3) is 6.08 Å². The second kappa shape index (κ2) is 10.2. The van der Waals surface area contributed by atoms with Gasteiger partial charge in [-0.25, -0.2) is 9.79 Å². The molecule has 3 aromatic rings. The average molecular weight is 477 g/mol. The van der Waals surface area contributed by atoms with Crippen LogP contribution in [0.5, 0.6) is 5.75 Å². The van der Waals surface area contributed by atoms with E-state index in [0.717, 1.165) is 23.1 Å². The van der Waals surface area contributed by atoms with E-state index in [2.05, 4.69) is 0 Å². The fraction of sp³-hybridized carbons (Fsp3) is 0.296. The van der Waals surface area contributed by atoms with Gasteiger partial charge >= 0.3 is 5.97 Å². The van der Waals surface area contributed by atoms with Gasteiger partial charge in [0.1, 0.15) is 5.75 Å². The zero-order valence-electron chi connectivity index (χ0n) is 19.8. The Balaban J connectivity index is 1.99. The van der Waals surface area contributed by atoms with Crippen molar-refractivity contribution in [3.05, 3.63) is 96.2 Å². The summed E-state index contributed by atoms with van der Waals surface area (Å²) in [4.78, 5) is 32.2. The Hall–Kier alpha value is -3.45. The SMILES string of the molecule is CCCC1=C(C(=O)OCC)C(c2cccc(OC)c2)n2c(s/c(=C\c3ccc(C)cc3)c2=O)=N1. The van der Waals surface area contributed by atoms with Crippen molar-refractivity contribution in [1.82, 2.24) is 4.57 Å². The van der Waals surface area contributed by atoms with E-state index in [9.17, 15) is 9.59 Å². The highest BCUT2D eigenvalue weighted by Gasteiger charge is 2.34. The lowest BCUT2D eigenvalue weighted by atomic mass is 9.94. The molecule has 1 atom stereocenters. The van der Waals surface area contributed by atoms with E-state index in [1.807, 2.05) is 68.5 Å². The van der Waals surface area contributed by atoms with E-state index in [0.29, 0.717) is 32.8 Å². The molecule has 0 fully saturated rings. The predicted molar refractivity (Wildman–Crippen MR) is 134 cm³/mol. The molecular formula is C27H28N2O4S. The molecule has 2 heterocycles. The zero-order chi connectivity index (χ0) is 24.2. The number of carbonyl (C=O) groups excluding carboxylic acids is 1. The number of aromatic nitrogens is 1. The topological polar surface area (TPSA) is 69.9 Å². The molecule has 1 aromatic heterocycles. The molecule has 0 saturated carbocycles. The number of aryl methyl sites for hydroxylation is 1.